The maximum atomic E-state index is 14.6. The van der Waals surface area contributed by atoms with Crippen LogP contribution in [-0.2, 0) is 21.3 Å². The normalized spacial score (nSPS) is 19.2. The fourth-order valence-electron chi connectivity index (χ4n) is 4.93. The van der Waals surface area contributed by atoms with Crippen molar-refractivity contribution in [3.8, 4) is 0 Å². The second-order valence-electron chi connectivity index (χ2n) is 9.59. The number of sulfonamides is 1. The largest absolute Gasteiger partial charge is 0.383 e. The van der Waals surface area contributed by atoms with Crippen molar-refractivity contribution < 1.29 is 26.7 Å². The van der Waals surface area contributed by atoms with Gasteiger partial charge in [-0.3, -0.25) is 4.90 Å². The van der Waals surface area contributed by atoms with Crippen molar-refractivity contribution in [3.05, 3.63) is 64.7 Å². The summed E-state index contributed by atoms with van der Waals surface area (Å²) in [7, 11) is -2.46. The summed E-state index contributed by atoms with van der Waals surface area (Å²) in [5.41, 5.74) is -0.0711. The van der Waals surface area contributed by atoms with Gasteiger partial charge in [-0.2, -0.15) is 4.31 Å². The minimum atomic E-state index is -4.12. The molecule has 12 heteroatoms. The first kappa shape index (κ1) is 28.7. The summed E-state index contributed by atoms with van der Waals surface area (Å²) in [6.45, 7) is 4.36. The third-order valence-corrected chi connectivity index (χ3v) is 9.25. The maximum Gasteiger partial charge on any atom is 0.320 e. The van der Waals surface area contributed by atoms with Crippen LogP contribution in [0, 0.1) is 11.6 Å². The molecule has 2 amide bonds. The van der Waals surface area contributed by atoms with Gasteiger partial charge in [0.15, 0.2) is 0 Å². The van der Waals surface area contributed by atoms with Gasteiger partial charge in [0.25, 0.3) is 0 Å². The Morgan fingerprint density at radius 3 is 2.45 bits per heavy atom. The van der Waals surface area contributed by atoms with Gasteiger partial charge in [0, 0.05) is 76.1 Å². The summed E-state index contributed by atoms with van der Waals surface area (Å²) in [6, 6.07) is 7.96. The molecule has 0 aromatic heterocycles. The summed E-state index contributed by atoms with van der Waals surface area (Å²) < 4.78 is 62.5. The second-order valence-corrected chi connectivity index (χ2v) is 11.9. The zero-order valence-electron chi connectivity index (χ0n) is 21.4. The summed E-state index contributed by atoms with van der Waals surface area (Å²) in [5.74, 6) is -1.35. The Morgan fingerprint density at radius 2 is 1.76 bits per heavy atom. The number of halogens is 3. The molecule has 208 valence electrons. The summed E-state index contributed by atoms with van der Waals surface area (Å²) in [5, 5.41) is 0.378. The van der Waals surface area contributed by atoms with E-state index in [1.165, 1.54) is 28.6 Å². The van der Waals surface area contributed by atoms with E-state index in [0.29, 0.717) is 44.1 Å². The SMILES string of the molecule is COCCN1CCN(C(=O)N2CCCC(N(Cc3cc(F)ccc3F)S(=O)(=O)c3ccc(Cl)cc3)C2)CC1. The third kappa shape index (κ3) is 6.81. The highest BCUT2D eigenvalue weighted by Gasteiger charge is 2.37. The minimum absolute atomic E-state index is 0.00524. The number of likely N-dealkylation sites (tertiary alicyclic amines) is 1. The van der Waals surface area contributed by atoms with Gasteiger partial charge in [0.05, 0.1) is 11.5 Å². The lowest BCUT2D eigenvalue weighted by molar-refractivity contribution is 0.0813. The highest BCUT2D eigenvalue weighted by Crippen LogP contribution is 2.28. The number of urea groups is 1. The van der Waals surface area contributed by atoms with E-state index in [0.717, 1.165) is 37.8 Å². The molecule has 0 radical (unpaired) electrons. The van der Waals surface area contributed by atoms with Crippen molar-refractivity contribution in [2.24, 2.45) is 0 Å². The van der Waals surface area contributed by atoms with E-state index in [9.17, 15) is 22.0 Å². The van der Waals surface area contributed by atoms with Gasteiger partial charge in [-0.15, -0.1) is 0 Å². The summed E-state index contributed by atoms with van der Waals surface area (Å²) in [6.07, 6.45) is 1.07. The first-order valence-corrected chi connectivity index (χ1v) is 14.5. The molecular formula is C26H33ClF2N4O4S. The predicted molar refractivity (Wildman–Crippen MR) is 140 cm³/mol. The second kappa shape index (κ2) is 12.7. The zero-order valence-corrected chi connectivity index (χ0v) is 22.9. The lowest BCUT2D eigenvalue weighted by atomic mass is 10.1. The number of rotatable bonds is 8. The molecule has 38 heavy (non-hydrogen) atoms. The van der Waals surface area contributed by atoms with Crippen LogP contribution in [0.1, 0.15) is 18.4 Å². The molecule has 2 fully saturated rings. The third-order valence-electron chi connectivity index (χ3n) is 7.08. The van der Waals surface area contributed by atoms with Crippen molar-refractivity contribution in [1.82, 2.24) is 19.0 Å². The number of nitrogens with zero attached hydrogens (tertiary/aromatic N) is 4. The van der Waals surface area contributed by atoms with Crippen molar-refractivity contribution in [1.29, 1.82) is 0 Å². The van der Waals surface area contributed by atoms with Gasteiger partial charge < -0.3 is 14.5 Å². The van der Waals surface area contributed by atoms with Crippen LogP contribution >= 0.6 is 11.6 Å². The molecule has 8 nitrogen and oxygen atoms in total. The number of piperidine rings is 1. The van der Waals surface area contributed by atoms with Crippen LogP contribution in [0.4, 0.5) is 13.6 Å². The van der Waals surface area contributed by atoms with Crippen molar-refractivity contribution >= 4 is 27.7 Å². The summed E-state index contributed by atoms with van der Waals surface area (Å²) >= 11 is 5.96. The molecule has 2 aromatic carbocycles. The number of carbonyl (C=O) groups excluding carboxylic acids is 1. The Kier molecular flexibility index (Phi) is 9.59. The molecule has 0 saturated carbocycles. The van der Waals surface area contributed by atoms with Gasteiger partial charge in [-0.05, 0) is 55.3 Å². The Bertz CT molecular complexity index is 1210. The van der Waals surface area contributed by atoms with Crippen LogP contribution in [0.15, 0.2) is 47.4 Å². The van der Waals surface area contributed by atoms with Crippen LogP contribution in [-0.4, -0.2) is 99.0 Å². The van der Waals surface area contributed by atoms with E-state index in [4.69, 9.17) is 16.3 Å². The van der Waals surface area contributed by atoms with Gasteiger partial charge in [-0.25, -0.2) is 22.0 Å². The molecule has 2 aliphatic heterocycles. The standard InChI is InChI=1S/C26H33ClF2N4O4S/c1-37-16-15-30-11-13-31(14-12-30)26(34)32-10-2-3-23(19-32)33(18-20-17-22(28)6-9-25(20)29)38(35,36)24-7-4-21(27)5-8-24/h4-9,17,23H,2-3,10-16,18-19H2,1H3. The Balaban J connectivity index is 1.54. The fourth-order valence-corrected chi connectivity index (χ4v) is 6.68. The van der Waals surface area contributed by atoms with Gasteiger partial charge in [0.2, 0.25) is 10.0 Å². The molecular weight excluding hydrogens is 538 g/mol. The highest BCUT2D eigenvalue weighted by molar-refractivity contribution is 7.89. The predicted octanol–water partition coefficient (Wildman–Crippen LogP) is 3.66. The molecule has 0 spiro atoms. The van der Waals surface area contributed by atoms with Crippen LogP contribution in [0.25, 0.3) is 0 Å². The molecule has 4 rings (SSSR count). The molecule has 2 heterocycles. The van der Waals surface area contributed by atoms with E-state index in [1.54, 1.807) is 16.9 Å². The van der Waals surface area contributed by atoms with Crippen LogP contribution in [0.3, 0.4) is 0 Å². The monoisotopic (exact) mass is 570 g/mol. The van der Waals surface area contributed by atoms with Crippen LogP contribution in [0.5, 0.6) is 0 Å². The maximum absolute atomic E-state index is 14.6. The first-order valence-electron chi connectivity index (χ1n) is 12.7. The molecule has 0 N–H and O–H groups in total. The van der Waals surface area contributed by atoms with E-state index in [-0.39, 0.29) is 29.6 Å². The Hall–Kier alpha value is -2.31. The lowest BCUT2D eigenvalue weighted by Gasteiger charge is -2.42. The molecule has 0 aliphatic carbocycles. The van der Waals surface area contributed by atoms with Gasteiger partial charge >= 0.3 is 6.03 Å². The number of amides is 2. The quantitative estimate of drug-likeness (QED) is 0.484. The molecule has 2 aliphatic rings. The highest BCUT2D eigenvalue weighted by atomic mass is 35.5. The van der Waals surface area contributed by atoms with Crippen molar-refractivity contribution in [2.75, 3.05) is 59.5 Å². The number of hydrogen-bond donors (Lipinski definition) is 0. The zero-order chi connectivity index (χ0) is 27.3. The van der Waals surface area contributed by atoms with E-state index >= 15 is 0 Å². The number of hydrogen-bond acceptors (Lipinski definition) is 5. The lowest BCUT2D eigenvalue weighted by Crippen LogP contribution is -2.57. The Morgan fingerprint density at radius 1 is 1.05 bits per heavy atom. The van der Waals surface area contributed by atoms with Crippen molar-refractivity contribution in [3.63, 3.8) is 0 Å². The van der Waals surface area contributed by atoms with Gasteiger partial charge in [0.1, 0.15) is 11.6 Å². The van der Waals surface area contributed by atoms with Crippen molar-refractivity contribution in [2.45, 2.75) is 30.3 Å². The number of benzene rings is 2. The Labute approximate surface area is 227 Å². The molecule has 2 saturated heterocycles. The van der Waals surface area contributed by atoms with E-state index in [1.807, 2.05) is 0 Å². The van der Waals surface area contributed by atoms with E-state index < -0.39 is 27.7 Å². The number of piperazine rings is 1. The molecule has 0 bridgehead atoms. The van der Waals surface area contributed by atoms with Crippen LogP contribution < -0.4 is 0 Å². The van der Waals surface area contributed by atoms with Gasteiger partial charge in [-0.1, -0.05) is 11.6 Å². The minimum Gasteiger partial charge on any atom is -0.383 e. The number of ether oxygens (including phenoxy) is 1. The molecule has 2 aromatic rings. The molecule has 1 atom stereocenters. The number of carbonyl (C=O) groups is 1. The fraction of sp³-hybridized carbons (Fsp3) is 0.500. The average molecular weight is 571 g/mol. The topological polar surface area (TPSA) is 73.4 Å². The average Bonchev–Trinajstić information content (AvgIpc) is 2.92. The first-order chi connectivity index (χ1) is 18.2. The van der Waals surface area contributed by atoms with Crippen LogP contribution in [0.2, 0.25) is 5.02 Å². The smallest absolute Gasteiger partial charge is 0.320 e. The number of methoxy groups -OCH3 is 1. The summed E-state index contributed by atoms with van der Waals surface area (Å²) in [4.78, 5) is 19.1. The van der Waals surface area contributed by atoms with E-state index in [2.05, 4.69) is 4.90 Å². The molecule has 1 unspecified atom stereocenters.